The van der Waals surface area contributed by atoms with Crippen molar-refractivity contribution in [1.82, 2.24) is 4.90 Å². The number of hydrogen-bond acceptors (Lipinski definition) is 2. The Kier molecular flexibility index (Phi) is 1.29. The summed E-state index contributed by atoms with van der Waals surface area (Å²) in [5.74, 6) is 0. The van der Waals surface area contributed by atoms with Crippen LogP contribution in [0.5, 0.6) is 0 Å². The average molecular weight is 141 g/mol. The third-order valence-corrected chi connectivity index (χ3v) is 3.19. The molecule has 0 N–H and O–H groups in total. The van der Waals surface area contributed by atoms with Gasteiger partial charge < -0.3 is 9.64 Å². The molecule has 3 aliphatic rings. The third kappa shape index (κ3) is 0.722. The van der Waals surface area contributed by atoms with E-state index in [0.29, 0.717) is 5.60 Å². The topological polar surface area (TPSA) is 12.5 Å². The minimum atomic E-state index is 0.303. The van der Waals surface area contributed by atoms with Gasteiger partial charge in [-0.3, -0.25) is 0 Å². The van der Waals surface area contributed by atoms with Crippen LogP contribution < -0.4 is 0 Å². The summed E-state index contributed by atoms with van der Waals surface area (Å²) >= 11 is 0. The second kappa shape index (κ2) is 1.95. The molecule has 1 aliphatic carbocycles. The first-order chi connectivity index (χ1) is 4.76. The summed E-state index contributed by atoms with van der Waals surface area (Å²) in [6, 6.07) is 0.827. The Morgan fingerprint density at radius 3 is 2.60 bits per heavy atom. The summed E-state index contributed by atoms with van der Waals surface area (Å²) in [5.41, 5.74) is 0.303. The van der Waals surface area contributed by atoms with Crippen molar-refractivity contribution in [3.63, 3.8) is 0 Å². The van der Waals surface area contributed by atoms with E-state index >= 15 is 0 Å². The van der Waals surface area contributed by atoms with E-state index in [-0.39, 0.29) is 0 Å². The van der Waals surface area contributed by atoms with Gasteiger partial charge in [-0.1, -0.05) is 0 Å². The number of piperidine rings is 2. The van der Waals surface area contributed by atoms with Gasteiger partial charge in [0.05, 0.1) is 5.60 Å². The van der Waals surface area contributed by atoms with E-state index in [1.807, 2.05) is 7.11 Å². The third-order valence-electron chi connectivity index (χ3n) is 3.19. The molecule has 0 spiro atoms. The molecule has 0 unspecified atom stereocenters. The lowest BCUT2D eigenvalue weighted by atomic mass is 9.69. The monoisotopic (exact) mass is 141 g/mol. The van der Waals surface area contributed by atoms with Crippen LogP contribution in [-0.2, 0) is 4.74 Å². The molecule has 0 aromatic rings. The Hall–Kier alpha value is -0.0800. The summed E-state index contributed by atoms with van der Waals surface area (Å²) in [6.07, 6.45) is 3.76. The number of ether oxygens (including phenoxy) is 1. The maximum atomic E-state index is 5.47. The SMILES string of the molecule is COC12CCN(C)C(C1)C2. The standard InChI is InChI=1S/C8H15NO/c1-9-4-3-8(10-2)5-7(9)6-8/h7H,3-6H2,1-2H3. The molecule has 2 aliphatic heterocycles. The molecule has 0 atom stereocenters. The van der Waals surface area contributed by atoms with Crippen LogP contribution in [0.3, 0.4) is 0 Å². The Balaban J connectivity index is 2.01. The predicted octanol–water partition coefficient (Wildman–Crippen LogP) is 0.869. The fraction of sp³-hybridized carbons (Fsp3) is 1.00. The van der Waals surface area contributed by atoms with Crippen LogP contribution in [0.15, 0.2) is 0 Å². The van der Waals surface area contributed by atoms with Crippen molar-refractivity contribution in [2.75, 3.05) is 20.7 Å². The van der Waals surface area contributed by atoms with Crippen molar-refractivity contribution in [2.24, 2.45) is 0 Å². The molecule has 2 heterocycles. The van der Waals surface area contributed by atoms with E-state index in [1.165, 1.54) is 25.8 Å². The summed E-state index contributed by atoms with van der Waals surface area (Å²) in [4.78, 5) is 2.45. The van der Waals surface area contributed by atoms with Crippen LogP contribution in [-0.4, -0.2) is 37.2 Å². The first-order valence-corrected chi connectivity index (χ1v) is 4.01. The van der Waals surface area contributed by atoms with E-state index in [4.69, 9.17) is 4.74 Å². The van der Waals surface area contributed by atoms with Gasteiger partial charge in [0.2, 0.25) is 0 Å². The van der Waals surface area contributed by atoms with Gasteiger partial charge in [0, 0.05) is 19.7 Å². The van der Waals surface area contributed by atoms with E-state index < -0.39 is 0 Å². The largest absolute Gasteiger partial charge is 0.378 e. The van der Waals surface area contributed by atoms with Gasteiger partial charge in [0.25, 0.3) is 0 Å². The molecule has 1 saturated carbocycles. The summed E-state index contributed by atoms with van der Waals surface area (Å²) < 4.78 is 5.47. The van der Waals surface area contributed by atoms with Crippen LogP contribution in [0.4, 0.5) is 0 Å². The number of rotatable bonds is 1. The molecule has 0 aromatic carbocycles. The molecule has 0 amide bonds. The number of methoxy groups -OCH3 is 1. The van der Waals surface area contributed by atoms with Gasteiger partial charge in [-0.25, -0.2) is 0 Å². The molecule has 2 nitrogen and oxygen atoms in total. The zero-order chi connectivity index (χ0) is 7.19. The van der Waals surface area contributed by atoms with E-state index in [1.54, 1.807) is 0 Å². The van der Waals surface area contributed by atoms with Gasteiger partial charge in [-0.2, -0.15) is 0 Å². The van der Waals surface area contributed by atoms with Crippen molar-refractivity contribution in [3.05, 3.63) is 0 Å². The highest BCUT2D eigenvalue weighted by molar-refractivity contribution is 5.04. The smallest absolute Gasteiger partial charge is 0.0720 e. The fourth-order valence-electron chi connectivity index (χ4n) is 2.15. The number of nitrogens with zero attached hydrogens (tertiary/aromatic N) is 1. The van der Waals surface area contributed by atoms with E-state index in [9.17, 15) is 0 Å². The van der Waals surface area contributed by atoms with Gasteiger partial charge in [-0.05, 0) is 26.3 Å². The Morgan fingerprint density at radius 1 is 1.50 bits per heavy atom. The Labute approximate surface area is 62.2 Å². The highest BCUT2D eigenvalue weighted by Crippen LogP contribution is 2.44. The first kappa shape index (κ1) is 6.62. The quantitative estimate of drug-likeness (QED) is 0.537. The molecule has 58 valence electrons. The normalized spacial score (nSPS) is 46.8. The van der Waals surface area contributed by atoms with Gasteiger partial charge in [0.1, 0.15) is 0 Å². The van der Waals surface area contributed by atoms with Crippen molar-refractivity contribution in [3.8, 4) is 0 Å². The minimum Gasteiger partial charge on any atom is -0.378 e. The van der Waals surface area contributed by atoms with Gasteiger partial charge in [0.15, 0.2) is 0 Å². The highest BCUT2D eigenvalue weighted by atomic mass is 16.5. The van der Waals surface area contributed by atoms with Crippen LogP contribution in [0.1, 0.15) is 19.3 Å². The van der Waals surface area contributed by atoms with Gasteiger partial charge >= 0.3 is 0 Å². The first-order valence-electron chi connectivity index (χ1n) is 4.01. The molecule has 2 heteroatoms. The van der Waals surface area contributed by atoms with Crippen molar-refractivity contribution in [1.29, 1.82) is 0 Å². The van der Waals surface area contributed by atoms with E-state index in [2.05, 4.69) is 11.9 Å². The Bertz CT molecular complexity index is 135. The van der Waals surface area contributed by atoms with Crippen LogP contribution in [0.2, 0.25) is 0 Å². The minimum absolute atomic E-state index is 0.303. The molecule has 2 saturated heterocycles. The molecular formula is C8H15NO. The Morgan fingerprint density at radius 2 is 2.20 bits per heavy atom. The van der Waals surface area contributed by atoms with Crippen LogP contribution in [0, 0.1) is 0 Å². The molecule has 3 rings (SSSR count). The number of fused-ring (bicyclic) bond motifs is 2. The highest BCUT2D eigenvalue weighted by Gasteiger charge is 2.49. The zero-order valence-electron chi connectivity index (χ0n) is 6.76. The van der Waals surface area contributed by atoms with Crippen LogP contribution >= 0.6 is 0 Å². The van der Waals surface area contributed by atoms with Gasteiger partial charge in [-0.15, -0.1) is 0 Å². The van der Waals surface area contributed by atoms with E-state index in [0.717, 1.165) is 6.04 Å². The molecule has 3 fully saturated rings. The lowest BCUT2D eigenvalue weighted by molar-refractivity contribution is -0.153. The van der Waals surface area contributed by atoms with Crippen molar-refractivity contribution in [2.45, 2.75) is 30.9 Å². The molecule has 2 bridgehead atoms. The lowest BCUT2D eigenvalue weighted by Crippen LogP contribution is -2.61. The zero-order valence-corrected chi connectivity index (χ0v) is 6.76. The van der Waals surface area contributed by atoms with Crippen molar-refractivity contribution >= 4 is 0 Å². The number of hydrogen-bond donors (Lipinski definition) is 0. The maximum Gasteiger partial charge on any atom is 0.0720 e. The summed E-state index contributed by atoms with van der Waals surface area (Å²) in [5, 5.41) is 0. The fourth-order valence-corrected chi connectivity index (χ4v) is 2.15. The molecule has 10 heavy (non-hydrogen) atoms. The summed E-state index contributed by atoms with van der Waals surface area (Å²) in [7, 11) is 4.06. The molecular weight excluding hydrogens is 126 g/mol. The second-order valence-electron chi connectivity index (χ2n) is 3.68. The average Bonchev–Trinajstić information content (AvgIpc) is 1.87. The maximum absolute atomic E-state index is 5.47. The van der Waals surface area contributed by atoms with Crippen molar-refractivity contribution < 1.29 is 4.74 Å². The predicted molar refractivity (Wildman–Crippen MR) is 40.0 cm³/mol. The molecule has 0 radical (unpaired) electrons. The lowest BCUT2D eigenvalue weighted by Gasteiger charge is -2.55. The van der Waals surface area contributed by atoms with Crippen LogP contribution in [0.25, 0.3) is 0 Å². The second-order valence-corrected chi connectivity index (χ2v) is 3.68. The summed E-state index contributed by atoms with van der Waals surface area (Å²) in [6.45, 7) is 1.22. The molecule has 0 aromatic heterocycles.